The highest BCUT2D eigenvalue weighted by Crippen LogP contribution is 2.30. The monoisotopic (exact) mass is 310 g/mol. The van der Waals surface area contributed by atoms with Crippen molar-refractivity contribution < 1.29 is 9.47 Å². The molecule has 116 valence electrons. The molecule has 2 rings (SSSR count). The highest BCUT2D eigenvalue weighted by molar-refractivity contribution is 6.20. The summed E-state index contributed by atoms with van der Waals surface area (Å²) in [6, 6.07) is 5.96. The van der Waals surface area contributed by atoms with Crippen LogP contribution in [0.2, 0.25) is 0 Å². The average molecular weight is 311 g/mol. The number of alkyl halides is 1. The van der Waals surface area contributed by atoms with E-state index >= 15 is 0 Å². The van der Waals surface area contributed by atoms with Crippen molar-refractivity contribution in [2.45, 2.75) is 38.6 Å². The van der Waals surface area contributed by atoms with Gasteiger partial charge in [0.05, 0.1) is 18.0 Å². The van der Waals surface area contributed by atoms with Crippen molar-refractivity contribution in [3.8, 4) is 5.75 Å². The van der Waals surface area contributed by atoms with Crippen molar-refractivity contribution in [3.05, 3.63) is 24.0 Å². The first-order valence-electron chi connectivity index (χ1n) is 7.44. The summed E-state index contributed by atoms with van der Waals surface area (Å²) in [7, 11) is 1.66. The standard InChI is InChI=1S/C16H23ClN2O2/c1-4-10-21-11-6-9-19-13-7-5-8-14(20-3)15(13)18-16(19)12(2)17/h5,7-8,12H,4,6,9-11H2,1-3H3. The summed E-state index contributed by atoms with van der Waals surface area (Å²) in [4.78, 5) is 4.66. The lowest BCUT2D eigenvalue weighted by atomic mass is 10.3. The molecule has 1 atom stereocenters. The number of halogens is 1. The number of fused-ring (bicyclic) bond motifs is 1. The molecule has 0 aliphatic heterocycles. The number of hydrogen-bond donors (Lipinski definition) is 0. The van der Waals surface area contributed by atoms with E-state index in [1.54, 1.807) is 7.11 Å². The molecule has 0 N–H and O–H groups in total. The molecular weight excluding hydrogens is 288 g/mol. The minimum Gasteiger partial charge on any atom is -0.494 e. The van der Waals surface area contributed by atoms with Crippen LogP contribution in [0.3, 0.4) is 0 Å². The summed E-state index contributed by atoms with van der Waals surface area (Å²) in [5.41, 5.74) is 1.93. The number of hydrogen-bond acceptors (Lipinski definition) is 3. The predicted octanol–water partition coefficient (Wildman–Crippen LogP) is 4.16. The molecule has 1 heterocycles. The fraction of sp³-hybridized carbons (Fsp3) is 0.562. The van der Waals surface area contributed by atoms with E-state index in [9.17, 15) is 0 Å². The third-order valence-corrected chi connectivity index (χ3v) is 3.56. The van der Waals surface area contributed by atoms with Crippen LogP contribution in [0.15, 0.2) is 18.2 Å². The Morgan fingerprint density at radius 1 is 1.33 bits per heavy atom. The smallest absolute Gasteiger partial charge is 0.146 e. The van der Waals surface area contributed by atoms with Crippen LogP contribution in [0.25, 0.3) is 11.0 Å². The van der Waals surface area contributed by atoms with Gasteiger partial charge in [-0.05, 0) is 31.9 Å². The summed E-state index contributed by atoms with van der Waals surface area (Å²) >= 11 is 6.28. The fourth-order valence-electron chi connectivity index (χ4n) is 2.41. The molecule has 1 aromatic carbocycles. The Labute approximate surface area is 131 Å². The van der Waals surface area contributed by atoms with Crippen molar-refractivity contribution in [1.82, 2.24) is 9.55 Å². The van der Waals surface area contributed by atoms with Gasteiger partial charge in [0.2, 0.25) is 0 Å². The average Bonchev–Trinajstić information content (AvgIpc) is 2.86. The SMILES string of the molecule is CCCOCCCn1c(C(C)Cl)nc2c(OC)cccc21. The molecule has 5 heteroatoms. The van der Waals surface area contributed by atoms with E-state index in [0.29, 0.717) is 0 Å². The van der Waals surface area contributed by atoms with Gasteiger partial charge >= 0.3 is 0 Å². The van der Waals surface area contributed by atoms with Gasteiger partial charge in [0.15, 0.2) is 0 Å². The van der Waals surface area contributed by atoms with Gasteiger partial charge in [-0.2, -0.15) is 0 Å². The number of ether oxygens (including phenoxy) is 2. The zero-order chi connectivity index (χ0) is 15.2. The molecule has 1 unspecified atom stereocenters. The molecule has 0 fully saturated rings. The molecule has 0 aliphatic carbocycles. The minimum absolute atomic E-state index is 0.140. The first-order valence-corrected chi connectivity index (χ1v) is 7.87. The summed E-state index contributed by atoms with van der Waals surface area (Å²) in [6.07, 6.45) is 1.99. The second-order valence-corrected chi connectivity index (χ2v) is 5.69. The molecule has 0 radical (unpaired) electrons. The third-order valence-electron chi connectivity index (χ3n) is 3.37. The van der Waals surface area contributed by atoms with Crippen LogP contribution < -0.4 is 4.74 Å². The molecule has 0 bridgehead atoms. The van der Waals surface area contributed by atoms with Crippen LogP contribution in [0.5, 0.6) is 5.75 Å². The molecule has 2 aromatic rings. The summed E-state index contributed by atoms with van der Waals surface area (Å²) in [6.45, 7) is 6.48. The van der Waals surface area contributed by atoms with E-state index < -0.39 is 0 Å². The minimum atomic E-state index is -0.140. The van der Waals surface area contributed by atoms with Gasteiger partial charge in [-0.25, -0.2) is 4.98 Å². The summed E-state index contributed by atoms with van der Waals surface area (Å²) < 4.78 is 13.1. The van der Waals surface area contributed by atoms with Crippen molar-refractivity contribution in [2.75, 3.05) is 20.3 Å². The zero-order valence-electron chi connectivity index (χ0n) is 12.9. The first-order chi connectivity index (χ1) is 10.2. The Morgan fingerprint density at radius 2 is 2.14 bits per heavy atom. The highest BCUT2D eigenvalue weighted by Gasteiger charge is 2.17. The molecule has 0 amide bonds. The maximum atomic E-state index is 6.28. The summed E-state index contributed by atoms with van der Waals surface area (Å²) in [5.74, 6) is 1.67. The van der Waals surface area contributed by atoms with E-state index in [-0.39, 0.29) is 5.38 Å². The molecular formula is C16H23ClN2O2. The number of rotatable bonds is 8. The largest absolute Gasteiger partial charge is 0.494 e. The fourth-order valence-corrected chi connectivity index (χ4v) is 2.58. The zero-order valence-corrected chi connectivity index (χ0v) is 13.7. The van der Waals surface area contributed by atoms with E-state index in [4.69, 9.17) is 21.1 Å². The number of imidazole rings is 1. The first kappa shape index (κ1) is 16.1. The van der Waals surface area contributed by atoms with E-state index in [0.717, 1.165) is 55.2 Å². The number of aromatic nitrogens is 2. The lowest BCUT2D eigenvalue weighted by Gasteiger charge is -2.10. The van der Waals surface area contributed by atoms with Crippen molar-refractivity contribution in [2.24, 2.45) is 0 Å². The van der Waals surface area contributed by atoms with Gasteiger partial charge in [-0.3, -0.25) is 0 Å². The predicted molar refractivity (Wildman–Crippen MR) is 86.3 cm³/mol. The Morgan fingerprint density at radius 3 is 2.81 bits per heavy atom. The maximum Gasteiger partial charge on any atom is 0.146 e. The molecule has 0 saturated heterocycles. The van der Waals surface area contributed by atoms with Crippen LogP contribution in [0, 0.1) is 0 Å². The van der Waals surface area contributed by atoms with Crippen molar-refractivity contribution >= 4 is 22.6 Å². The van der Waals surface area contributed by atoms with Crippen molar-refractivity contribution in [3.63, 3.8) is 0 Å². The van der Waals surface area contributed by atoms with Crippen LogP contribution in [-0.4, -0.2) is 29.9 Å². The van der Waals surface area contributed by atoms with Crippen molar-refractivity contribution in [1.29, 1.82) is 0 Å². The quantitative estimate of drug-likeness (QED) is 0.542. The normalized spacial score (nSPS) is 12.8. The van der Waals surface area contributed by atoms with Gasteiger partial charge in [0.1, 0.15) is 17.1 Å². The van der Waals surface area contributed by atoms with Gasteiger partial charge in [-0.15, -0.1) is 11.6 Å². The van der Waals surface area contributed by atoms with Gasteiger partial charge < -0.3 is 14.0 Å². The lowest BCUT2D eigenvalue weighted by Crippen LogP contribution is -2.07. The molecule has 1 aromatic heterocycles. The summed E-state index contributed by atoms with van der Waals surface area (Å²) in [5, 5.41) is -0.140. The van der Waals surface area contributed by atoms with E-state index in [2.05, 4.69) is 22.5 Å². The van der Waals surface area contributed by atoms with Crippen LogP contribution in [-0.2, 0) is 11.3 Å². The maximum absolute atomic E-state index is 6.28. The molecule has 21 heavy (non-hydrogen) atoms. The van der Waals surface area contributed by atoms with Gasteiger partial charge in [-0.1, -0.05) is 13.0 Å². The van der Waals surface area contributed by atoms with Gasteiger partial charge in [0.25, 0.3) is 0 Å². The number of nitrogens with zero attached hydrogens (tertiary/aromatic N) is 2. The van der Waals surface area contributed by atoms with Gasteiger partial charge in [0, 0.05) is 19.8 Å². The molecule has 4 nitrogen and oxygen atoms in total. The molecule has 0 spiro atoms. The lowest BCUT2D eigenvalue weighted by molar-refractivity contribution is 0.129. The van der Waals surface area contributed by atoms with Crippen LogP contribution >= 0.6 is 11.6 Å². The second kappa shape index (κ2) is 7.66. The number of para-hydroxylation sites is 1. The number of methoxy groups -OCH3 is 1. The van der Waals surface area contributed by atoms with E-state index in [1.807, 2.05) is 19.1 Å². The number of benzene rings is 1. The topological polar surface area (TPSA) is 36.3 Å². The Hall–Kier alpha value is -1.26. The Kier molecular flexibility index (Phi) is 5.88. The van der Waals surface area contributed by atoms with E-state index in [1.165, 1.54) is 0 Å². The Bertz CT molecular complexity index is 581. The second-order valence-electron chi connectivity index (χ2n) is 5.03. The molecule has 0 aliphatic rings. The third kappa shape index (κ3) is 3.69. The number of aryl methyl sites for hydroxylation is 1. The highest BCUT2D eigenvalue weighted by atomic mass is 35.5. The van der Waals surface area contributed by atoms with Crippen LogP contribution in [0.1, 0.15) is 37.9 Å². The van der Waals surface area contributed by atoms with Crippen LogP contribution in [0.4, 0.5) is 0 Å². The Balaban J connectivity index is 2.25. The molecule has 0 saturated carbocycles.